The summed E-state index contributed by atoms with van der Waals surface area (Å²) in [6.45, 7) is 4.48. The number of benzene rings is 8. The molecular formula is C51H33NO3. The minimum atomic E-state index is -0.262. The predicted octanol–water partition coefficient (Wildman–Crippen LogP) is 14.4. The molecule has 55 heavy (non-hydrogen) atoms. The van der Waals surface area contributed by atoms with E-state index in [0.29, 0.717) is 0 Å². The molecule has 0 spiro atoms. The Kier molecular flexibility index (Phi) is 7.04. The number of fused-ring (bicyclic) bond motifs is 8. The second-order valence-electron chi connectivity index (χ2n) is 14.1. The summed E-state index contributed by atoms with van der Waals surface area (Å²) in [6, 6.07) is 63.5. The second-order valence-corrected chi connectivity index (χ2v) is 14.1. The van der Waals surface area contributed by atoms with Crippen LogP contribution >= 0.6 is 0 Å². The molecule has 0 fully saturated rings. The van der Waals surface area contributed by atoms with Crippen LogP contribution in [-0.2, 0) is 0 Å². The summed E-state index contributed by atoms with van der Waals surface area (Å²) in [5.41, 5.74) is 14.0. The average Bonchev–Trinajstić information content (AvgIpc) is 3.92. The fraction of sp³-hybridized carbons (Fsp3) is 0.0196. The van der Waals surface area contributed by atoms with E-state index < -0.39 is 0 Å². The fourth-order valence-corrected chi connectivity index (χ4v) is 8.26. The van der Waals surface area contributed by atoms with Crippen LogP contribution in [0.5, 0.6) is 5.75 Å². The predicted molar refractivity (Wildman–Crippen MR) is 225 cm³/mol. The van der Waals surface area contributed by atoms with Gasteiger partial charge in [0.05, 0.1) is 5.39 Å². The molecule has 2 aromatic heterocycles. The van der Waals surface area contributed by atoms with Crippen LogP contribution in [0.4, 0.5) is 17.1 Å². The number of para-hydroxylation sites is 1. The van der Waals surface area contributed by atoms with E-state index in [4.69, 9.17) is 13.6 Å². The van der Waals surface area contributed by atoms with Crippen LogP contribution < -0.4 is 9.64 Å². The summed E-state index contributed by atoms with van der Waals surface area (Å²) in [5.74, 6) is 0.809. The number of furan rings is 2. The van der Waals surface area contributed by atoms with Gasteiger partial charge in [-0.25, -0.2) is 0 Å². The minimum absolute atomic E-state index is 0.262. The molecule has 260 valence electrons. The van der Waals surface area contributed by atoms with Gasteiger partial charge in [0.15, 0.2) is 0 Å². The van der Waals surface area contributed by atoms with Crippen molar-refractivity contribution in [1.82, 2.24) is 0 Å². The summed E-state index contributed by atoms with van der Waals surface area (Å²) in [5, 5.41) is 4.08. The molecule has 0 radical (unpaired) electrons. The largest absolute Gasteiger partial charge is 0.480 e. The Morgan fingerprint density at radius 1 is 0.418 bits per heavy atom. The zero-order chi connectivity index (χ0) is 36.5. The summed E-state index contributed by atoms with van der Waals surface area (Å²) in [7, 11) is 0. The molecule has 0 aliphatic carbocycles. The van der Waals surface area contributed by atoms with Gasteiger partial charge >= 0.3 is 0 Å². The van der Waals surface area contributed by atoms with Crippen LogP contribution in [0.25, 0.3) is 71.7 Å². The Hall–Kier alpha value is -7.30. The van der Waals surface area contributed by atoms with Crippen LogP contribution in [0.2, 0.25) is 0 Å². The quantitative estimate of drug-likeness (QED) is 0.172. The molecule has 1 aliphatic heterocycles. The van der Waals surface area contributed by atoms with Gasteiger partial charge in [-0.2, -0.15) is 0 Å². The van der Waals surface area contributed by atoms with E-state index in [2.05, 4.69) is 157 Å². The zero-order valence-corrected chi connectivity index (χ0v) is 29.8. The molecule has 3 heterocycles. The van der Waals surface area contributed by atoms with Crippen molar-refractivity contribution < 1.29 is 13.6 Å². The first-order chi connectivity index (χ1) is 27.2. The highest BCUT2D eigenvalue weighted by atomic mass is 16.5. The van der Waals surface area contributed by atoms with Crippen molar-refractivity contribution in [2.75, 3.05) is 4.90 Å². The minimum Gasteiger partial charge on any atom is -0.480 e. The zero-order valence-electron chi connectivity index (χ0n) is 29.8. The van der Waals surface area contributed by atoms with Gasteiger partial charge in [-0.1, -0.05) is 122 Å². The number of nitrogens with zero attached hydrogens (tertiary/aromatic N) is 1. The molecular weight excluding hydrogens is 675 g/mol. The van der Waals surface area contributed by atoms with Gasteiger partial charge in [0, 0.05) is 44.4 Å². The molecule has 0 bridgehead atoms. The van der Waals surface area contributed by atoms with Gasteiger partial charge < -0.3 is 18.5 Å². The highest BCUT2D eigenvalue weighted by molar-refractivity contribution is 6.12. The second kappa shape index (κ2) is 12.4. The Labute approximate surface area is 317 Å². The van der Waals surface area contributed by atoms with Crippen molar-refractivity contribution >= 4 is 66.5 Å². The highest BCUT2D eigenvalue weighted by Crippen LogP contribution is 2.51. The molecule has 10 aromatic rings. The molecule has 8 aromatic carbocycles. The fourth-order valence-electron chi connectivity index (χ4n) is 8.26. The molecule has 1 aliphatic rings. The third kappa shape index (κ3) is 5.07. The first kappa shape index (κ1) is 31.2. The normalized spacial score (nSPS) is 13.8. The van der Waals surface area contributed by atoms with Crippen molar-refractivity contribution in [3.8, 4) is 28.0 Å². The molecule has 4 heteroatoms. The average molecular weight is 708 g/mol. The maximum Gasteiger partial charge on any atom is 0.149 e. The van der Waals surface area contributed by atoms with E-state index in [-0.39, 0.29) is 6.10 Å². The third-order valence-electron chi connectivity index (χ3n) is 10.9. The molecule has 0 saturated heterocycles. The lowest BCUT2D eigenvalue weighted by Gasteiger charge is -2.27. The summed E-state index contributed by atoms with van der Waals surface area (Å²) >= 11 is 0. The molecule has 0 saturated carbocycles. The van der Waals surface area contributed by atoms with Crippen LogP contribution in [0.15, 0.2) is 197 Å². The molecule has 0 N–H and O–H groups in total. The number of hydrogen-bond donors (Lipinski definition) is 0. The lowest BCUT2D eigenvalue weighted by atomic mass is 9.93. The van der Waals surface area contributed by atoms with Gasteiger partial charge in [0.25, 0.3) is 0 Å². The summed E-state index contributed by atoms with van der Waals surface area (Å²) in [4.78, 5) is 2.33. The summed E-state index contributed by atoms with van der Waals surface area (Å²) < 4.78 is 19.5. The smallest absolute Gasteiger partial charge is 0.149 e. The molecule has 1 unspecified atom stereocenters. The first-order valence-corrected chi connectivity index (χ1v) is 18.5. The Morgan fingerprint density at radius 2 is 0.945 bits per heavy atom. The van der Waals surface area contributed by atoms with Gasteiger partial charge in [-0.05, 0) is 94.5 Å². The maximum absolute atomic E-state index is 6.77. The lowest BCUT2D eigenvalue weighted by molar-refractivity contribution is 0.287. The van der Waals surface area contributed by atoms with Gasteiger partial charge in [-0.15, -0.1) is 0 Å². The van der Waals surface area contributed by atoms with E-state index in [1.807, 2.05) is 36.4 Å². The number of rotatable bonds is 6. The Balaban J connectivity index is 1.14. The van der Waals surface area contributed by atoms with Gasteiger partial charge in [-0.3, -0.25) is 0 Å². The van der Waals surface area contributed by atoms with Gasteiger partial charge in [0.1, 0.15) is 34.2 Å². The van der Waals surface area contributed by atoms with Crippen LogP contribution in [0.3, 0.4) is 0 Å². The molecule has 0 amide bonds. The topological polar surface area (TPSA) is 38.8 Å². The van der Waals surface area contributed by atoms with E-state index in [1.54, 1.807) is 0 Å². The summed E-state index contributed by atoms with van der Waals surface area (Å²) in [6.07, 6.45) is -0.262. The van der Waals surface area contributed by atoms with E-state index >= 15 is 0 Å². The van der Waals surface area contributed by atoms with Crippen molar-refractivity contribution in [3.63, 3.8) is 0 Å². The van der Waals surface area contributed by atoms with E-state index in [9.17, 15) is 0 Å². The lowest BCUT2D eigenvalue weighted by Crippen LogP contribution is -2.10. The number of hydrogen-bond acceptors (Lipinski definition) is 4. The van der Waals surface area contributed by atoms with Crippen molar-refractivity contribution in [3.05, 3.63) is 200 Å². The van der Waals surface area contributed by atoms with E-state index in [0.717, 1.165) is 94.5 Å². The standard InChI is InChI=1S/C51H33NO3/c1-32-39-25-28-48-49(51(39)55-50(32)35-17-9-4-10-18-35)44-31-38(23-27-47(44)54-48)52(37-22-26-46-43(30-37)41-19-11-12-20-45(41)53-46)36-21-24-40(33-13-5-2-6-14-33)42(29-36)34-15-7-3-8-16-34/h2-31,50H,1H2. The third-order valence-corrected chi connectivity index (χ3v) is 10.9. The SMILES string of the molecule is C=C1c2ccc3oc4ccc(N(c5ccc(-c6ccccc6)c(-c6ccccc6)c5)c5ccc6oc7ccccc7c6c5)cc4c3c2OC1c1ccccc1. The monoisotopic (exact) mass is 707 g/mol. The van der Waals surface area contributed by atoms with Crippen molar-refractivity contribution in [2.24, 2.45) is 0 Å². The molecule has 1 atom stereocenters. The Morgan fingerprint density at radius 3 is 1.69 bits per heavy atom. The maximum atomic E-state index is 6.77. The number of ether oxygens (including phenoxy) is 1. The van der Waals surface area contributed by atoms with E-state index in [1.165, 1.54) is 11.1 Å². The molecule has 11 rings (SSSR count). The Bertz CT molecular complexity index is 3090. The van der Waals surface area contributed by atoms with Crippen molar-refractivity contribution in [1.29, 1.82) is 0 Å². The first-order valence-electron chi connectivity index (χ1n) is 18.5. The van der Waals surface area contributed by atoms with Crippen LogP contribution in [0.1, 0.15) is 17.2 Å². The highest BCUT2D eigenvalue weighted by Gasteiger charge is 2.32. The molecule has 4 nitrogen and oxygen atoms in total. The van der Waals surface area contributed by atoms with Crippen LogP contribution in [-0.4, -0.2) is 0 Å². The van der Waals surface area contributed by atoms with Crippen LogP contribution in [0, 0.1) is 0 Å². The van der Waals surface area contributed by atoms with Crippen molar-refractivity contribution in [2.45, 2.75) is 6.10 Å². The van der Waals surface area contributed by atoms with Gasteiger partial charge in [0.2, 0.25) is 0 Å². The number of anilines is 3.